The van der Waals surface area contributed by atoms with Crippen LogP contribution in [-0.4, -0.2) is 50.4 Å². The van der Waals surface area contributed by atoms with Gasteiger partial charge in [-0.05, 0) is 31.9 Å². The lowest BCUT2D eigenvalue weighted by Gasteiger charge is -2.31. The highest BCUT2D eigenvalue weighted by Gasteiger charge is 2.26. The summed E-state index contributed by atoms with van der Waals surface area (Å²) in [6.45, 7) is 2.44. The van der Waals surface area contributed by atoms with Gasteiger partial charge >= 0.3 is 0 Å². The lowest BCUT2D eigenvalue weighted by Crippen LogP contribution is -2.46. The molecule has 0 unspecified atom stereocenters. The standard InChI is InChI=1S/C19H22N2O5S/c1-13(22)14-3-5-15(6-4-14)17-7-8-18(26-17)19(23)21-11-9-16(10-12-21)20-27(2,24)25/h3-8,16,20H,9-12H2,1-2H3. The van der Waals surface area contributed by atoms with Gasteiger partial charge in [0.25, 0.3) is 5.91 Å². The summed E-state index contributed by atoms with van der Waals surface area (Å²) in [5, 5.41) is 0. The Morgan fingerprint density at radius 2 is 1.70 bits per heavy atom. The molecule has 1 aromatic heterocycles. The lowest BCUT2D eigenvalue weighted by molar-refractivity contribution is 0.0680. The van der Waals surface area contributed by atoms with E-state index in [1.165, 1.54) is 6.92 Å². The van der Waals surface area contributed by atoms with E-state index in [9.17, 15) is 18.0 Å². The molecule has 0 atom stereocenters. The molecule has 2 aromatic rings. The summed E-state index contributed by atoms with van der Waals surface area (Å²) >= 11 is 0. The zero-order chi connectivity index (χ0) is 19.6. The van der Waals surface area contributed by atoms with Gasteiger partial charge in [-0.25, -0.2) is 13.1 Å². The molecule has 0 aliphatic carbocycles. The molecule has 0 spiro atoms. The number of carbonyl (C=O) groups excluding carboxylic acids is 2. The molecular formula is C19H22N2O5S. The molecular weight excluding hydrogens is 368 g/mol. The van der Waals surface area contributed by atoms with Crippen molar-refractivity contribution < 1.29 is 22.4 Å². The van der Waals surface area contributed by atoms with Crippen molar-refractivity contribution in [1.82, 2.24) is 9.62 Å². The van der Waals surface area contributed by atoms with E-state index in [0.717, 1.165) is 11.8 Å². The predicted octanol–water partition coefficient (Wildman–Crippen LogP) is 2.30. The largest absolute Gasteiger partial charge is 0.451 e. The van der Waals surface area contributed by atoms with Gasteiger partial charge in [0.15, 0.2) is 11.5 Å². The van der Waals surface area contributed by atoms with Crippen molar-refractivity contribution >= 4 is 21.7 Å². The molecule has 7 nitrogen and oxygen atoms in total. The van der Waals surface area contributed by atoms with E-state index >= 15 is 0 Å². The van der Waals surface area contributed by atoms with Crippen molar-refractivity contribution in [3.63, 3.8) is 0 Å². The average Bonchev–Trinajstić information content (AvgIpc) is 3.10. The van der Waals surface area contributed by atoms with Crippen molar-refractivity contribution in [2.24, 2.45) is 0 Å². The van der Waals surface area contributed by atoms with Gasteiger partial charge in [-0.15, -0.1) is 0 Å². The van der Waals surface area contributed by atoms with Gasteiger partial charge in [0.1, 0.15) is 5.76 Å². The number of sulfonamides is 1. The maximum absolute atomic E-state index is 12.6. The van der Waals surface area contributed by atoms with Crippen LogP contribution in [0, 0.1) is 0 Å². The Bertz CT molecular complexity index is 939. The molecule has 144 valence electrons. The van der Waals surface area contributed by atoms with Crippen LogP contribution in [-0.2, 0) is 10.0 Å². The Labute approximate surface area is 158 Å². The minimum absolute atomic E-state index is 0.00868. The molecule has 1 aliphatic heterocycles. The molecule has 0 radical (unpaired) electrons. The van der Waals surface area contributed by atoms with Gasteiger partial charge in [-0.2, -0.15) is 0 Å². The van der Waals surface area contributed by atoms with Gasteiger partial charge in [0, 0.05) is 30.3 Å². The Balaban J connectivity index is 1.64. The van der Waals surface area contributed by atoms with Crippen molar-refractivity contribution in [3.05, 3.63) is 47.7 Å². The molecule has 1 aliphatic rings. The van der Waals surface area contributed by atoms with E-state index in [1.54, 1.807) is 41.3 Å². The Morgan fingerprint density at radius 3 is 2.26 bits per heavy atom. The van der Waals surface area contributed by atoms with Crippen LogP contribution in [0.15, 0.2) is 40.8 Å². The van der Waals surface area contributed by atoms with Crippen LogP contribution < -0.4 is 4.72 Å². The minimum Gasteiger partial charge on any atom is -0.451 e. The van der Waals surface area contributed by atoms with Gasteiger partial charge in [-0.1, -0.05) is 24.3 Å². The average molecular weight is 390 g/mol. The number of piperidine rings is 1. The number of ketones is 1. The third-order valence-corrected chi connectivity index (χ3v) is 5.32. The van der Waals surface area contributed by atoms with Crippen molar-refractivity contribution in [1.29, 1.82) is 0 Å². The zero-order valence-corrected chi connectivity index (χ0v) is 16.1. The first-order valence-corrected chi connectivity index (χ1v) is 10.6. The highest BCUT2D eigenvalue weighted by molar-refractivity contribution is 7.88. The van der Waals surface area contributed by atoms with E-state index in [0.29, 0.717) is 37.3 Å². The van der Waals surface area contributed by atoms with Crippen LogP contribution in [0.3, 0.4) is 0 Å². The summed E-state index contributed by atoms with van der Waals surface area (Å²) in [5.74, 6) is 0.585. The van der Waals surface area contributed by atoms with E-state index in [1.807, 2.05) is 0 Å². The number of furan rings is 1. The number of hydrogen-bond donors (Lipinski definition) is 1. The zero-order valence-electron chi connectivity index (χ0n) is 15.3. The summed E-state index contributed by atoms with van der Waals surface area (Å²) in [5.41, 5.74) is 1.40. The number of likely N-dealkylation sites (tertiary alicyclic amines) is 1. The Morgan fingerprint density at radius 1 is 1.07 bits per heavy atom. The SMILES string of the molecule is CC(=O)c1ccc(-c2ccc(C(=O)N3CCC(NS(C)(=O)=O)CC3)o2)cc1. The maximum Gasteiger partial charge on any atom is 0.289 e. The number of hydrogen-bond acceptors (Lipinski definition) is 5. The molecule has 1 fully saturated rings. The van der Waals surface area contributed by atoms with Gasteiger partial charge in [0.05, 0.1) is 6.26 Å². The molecule has 1 N–H and O–H groups in total. The fourth-order valence-electron chi connectivity index (χ4n) is 3.14. The number of amides is 1. The number of carbonyl (C=O) groups is 2. The first-order valence-electron chi connectivity index (χ1n) is 8.71. The topological polar surface area (TPSA) is 96.7 Å². The summed E-state index contributed by atoms with van der Waals surface area (Å²) in [6, 6.07) is 10.2. The number of Topliss-reactive ketones (excluding diaryl/α,β-unsaturated/α-hetero) is 1. The molecule has 2 heterocycles. The third kappa shape index (κ3) is 4.84. The van der Waals surface area contributed by atoms with Crippen molar-refractivity contribution in [2.45, 2.75) is 25.8 Å². The van der Waals surface area contributed by atoms with Crippen LogP contribution in [0.4, 0.5) is 0 Å². The summed E-state index contributed by atoms with van der Waals surface area (Å²) in [7, 11) is -3.24. The van der Waals surface area contributed by atoms with Gasteiger partial charge in [-0.3, -0.25) is 9.59 Å². The van der Waals surface area contributed by atoms with E-state index < -0.39 is 10.0 Å². The van der Waals surface area contributed by atoms with Crippen molar-refractivity contribution in [3.8, 4) is 11.3 Å². The second-order valence-electron chi connectivity index (χ2n) is 6.75. The van der Waals surface area contributed by atoms with E-state index in [4.69, 9.17) is 4.42 Å². The van der Waals surface area contributed by atoms with Crippen LogP contribution in [0.1, 0.15) is 40.7 Å². The Kier molecular flexibility index (Phi) is 5.48. The van der Waals surface area contributed by atoms with Gasteiger partial charge < -0.3 is 9.32 Å². The van der Waals surface area contributed by atoms with Crippen LogP contribution in [0.5, 0.6) is 0 Å². The summed E-state index contributed by atoms with van der Waals surface area (Å²) < 4.78 is 30.9. The monoisotopic (exact) mass is 390 g/mol. The normalized spacial score (nSPS) is 15.7. The predicted molar refractivity (Wildman–Crippen MR) is 101 cm³/mol. The van der Waals surface area contributed by atoms with Crippen LogP contribution in [0.25, 0.3) is 11.3 Å². The third-order valence-electron chi connectivity index (χ3n) is 4.56. The summed E-state index contributed by atoms with van der Waals surface area (Å²) in [4.78, 5) is 25.6. The van der Waals surface area contributed by atoms with E-state index in [2.05, 4.69) is 4.72 Å². The number of benzene rings is 1. The minimum atomic E-state index is -3.24. The van der Waals surface area contributed by atoms with Gasteiger partial charge in [0.2, 0.25) is 10.0 Å². The van der Waals surface area contributed by atoms with Crippen LogP contribution >= 0.6 is 0 Å². The van der Waals surface area contributed by atoms with E-state index in [-0.39, 0.29) is 23.5 Å². The second kappa shape index (κ2) is 7.66. The molecule has 27 heavy (non-hydrogen) atoms. The first-order chi connectivity index (χ1) is 12.7. The fraction of sp³-hybridized carbons (Fsp3) is 0.368. The second-order valence-corrected chi connectivity index (χ2v) is 8.53. The molecule has 0 saturated carbocycles. The fourth-order valence-corrected chi connectivity index (χ4v) is 3.98. The maximum atomic E-state index is 12.6. The lowest BCUT2D eigenvalue weighted by atomic mass is 10.1. The number of rotatable bonds is 5. The first kappa shape index (κ1) is 19.3. The summed E-state index contributed by atoms with van der Waals surface area (Å²) in [6.07, 6.45) is 2.27. The Hall–Kier alpha value is -2.45. The molecule has 1 saturated heterocycles. The number of nitrogens with one attached hydrogen (secondary N) is 1. The van der Waals surface area contributed by atoms with Crippen molar-refractivity contribution in [2.75, 3.05) is 19.3 Å². The molecule has 1 amide bonds. The molecule has 3 rings (SSSR count). The molecule has 8 heteroatoms. The highest BCUT2D eigenvalue weighted by atomic mass is 32.2. The molecule has 1 aromatic carbocycles. The van der Waals surface area contributed by atoms with Crippen LogP contribution in [0.2, 0.25) is 0 Å². The molecule has 0 bridgehead atoms. The smallest absolute Gasteiger partial charge is 0.289 e. The highest BCUT2D eigenvalue weighted by Crippen LogP contribution is 2.24. The number of nitrogens with zero attached hydrogens (tertiary/aromatic N) is 1. The quantitative estimate of drug-likeness (QED) is 0.790.